The molecule has 0 aliphatic rings. The molecule has 0 unspecified atom stereocenters. The van der Waals surface area contributed by atoms with Crippen molar-refractivity contribution in [1.29, 1.82) is 0 Å². The van der Waals surface area contributed by atoms with Crippen LogP contribution in [0.4, 0.5) is 0 Å². The molecule has 3 amide bonds. The Labute approximate surface area is 123 Å². The summed E-state index contributed by atoms with van der Waals surface area (Å²) < 4.78 is 0. The first-order valence-corrected chi connectivity index (χ1v) is 6.98. The van der Waals surface area contributed by atoms with E-state index in [1.165, 1.54) is 0 Å². The molecule has 9 heteroatoms. The van der Waals surface area contributed by atoms with Crippen molar-refractivity contribution in [1.82, 2.24) is 10.6 Å². The van der Waals surface area contributed by atoms with Crippen LogP contribution in [0, 0.1) is 0 Å². The van der Waals surface area contributed by atoms with Gasteiger partial charge >= 0.3 is 0 Å². The van der Waals surface area contributed by atoms with Gasteiger partial charge in [0.05, 0.1) is 12.6 Å². The van der Waals surface area contributed by atoms with Gasteiger partial charge in [0.1, 0.15) is 6.04 Å². The number of nitrogens with two attached hydrogens (primary N) is 3. The van der Waals surface area contributed by atoms with Crippen LogP contribution in [0.2, 0.25) is 0 Å². The lowest BCUT2D eigenvalue weighted by molar-refractivity contribution is -0.128. The first kappa shape index (κ1) is 18.7. The summed E-state index contributed by atoms with van der Waals surface area (Å²) in [7, 11) is 0. The minimum Gasteiger partial charge on any atom is -0.368 e. The number of amides is 3. The van der Waals surface area contributed by atoms with Gasteiger partial charge in [-0.15, -0.1) is 0 Å². The number of rotatable bonds is 10. The average Bonchev–Trinajstić information content (AvgIpc) is 2.41. The Morgan fingerprint density at radius 1 is 1.20 bits per heavy atom. The van der Waals surface area contributed by atoms with Crippen LogP contribution in [-0.4, -0.2) is 48.6 Å². The number of nitrogens with one attached hydrogen (secondary N) is 2. The third-order valence-corrected chi connectivity index (χ3v) is 2.96. The molecule has 0 aliphatic carbocycles. The second-order valence-corrected chi connectivity index (χ2v) is 4.68. The molecule has 2 atom stereocenters. The van der Waals surface area contributed by atoms with E-state index in [0.717, 1.165) is 12.8 Å². The molecule has 0 aliphatic heterocycles. The molecule has 0 saturated heterocycles. The number of carbonyl (C=O) groups is 3. The minimum atomic E-state index is -0.860. The fraction of sp³-hybridized carbons (Fsp3) is 0.727. The van der Waals surface area contributed by atoms with Crippen molar-refractivity contribution in [2.24, 2.45) is 17.2 Å². The second-order valence-electron chi connectivity index (χ2n) is 4.31. The van der Waals surface area contributed by atoms with Crippen LogP contribution in [-0.2, 0) is 14.4 Å². The first-order valence-electron chi connectivity index (χ1n) is 6.35. The molecule has 0 saturated carbocycles. The van der Waals surface area contributed by atoms with E-state index >= 15 is 0 Å². The molecule has 0 fully saturated rings. The normalized spacial score (nSPS) is 13.3. The van der Waals surface area contributed by atoms with Crippen LogP contribution in [0.15, 0.2) is 0 Å². The van der Waals surface area contributed by atoms with Gasteiger partial charge in [-0.05, 0) is 19.4 Å². The third-order valence-electron chi connectivity index (χ3n) is 2.59. The maximum Gasteiger partial charge on any atom is 0.240 e. The van der Waals surface area contributed by atoms with E-state index < -0.39 is 29.8 Å². The fourth-order valence-corrected chi connectivity index (χ4v) is 1.66. The molecule has 0 aromatic heterocycles. The number of hydrogen-bond donors (Lipinski definition) is 6. The first-order chi connectivity index (χ1) is 9.42. The van der Waals surface area contributed by atoms with Crippen molar-refractivity contribution < 1.29 is 14.4 Å². The Morgan fingerprint density at radius 3 is 2.35 bits per heavy atom. The molecule has 0 spiro atoms. The predicted octanol–water partition coefficient (Wildman–Crippen LogP) is -2.54. The summed E-state index contributed by atoms with van der Waals surface area (Å²) in [6, 6.07) is -1.54. The molecular formula is C11H23N5O3S. The maximum atomic E-state index is 11.6. The number of hydrogen-bond acceptors (Lipinski definition) is 6. The largest absolute Gasteiger partial charge is 0.368 e. The van der Waals surface area contributed by atoms with Crippen molar-refractivity contribution >= 4 is 30.4 Å². The van der Waals surface area contributed by atoms with Crippen LogP contribution in [0.1, 0.15) is 19.3 Å². The molecule has 0 rings (SSSR count). The SMILES string of the molecule is NCCCC[C@H](N)C(=O)NCC(=O)N[C@@H](CS)C(N)=O. The highest BCUT2D eigenvalue weighted by atomic mass is 32.1. The van der Waals surface area contributed by atoms with E-state index in [0.29, 0.717) is 13.0 Å². The van der Waals surface area contributed by atoms with Gasteiger partial charge in [0.15, 0.2) is 0 Å². The lowest BCUT2D eigenvalue weighted by Crippen LogP contribution is -2.50. The van der Waals surface area contributed by atoms with Crippen molar-refractivity contribution in [3.05, 3.63) is 0 Å². The second kappa shape index (κ2) is 10.5. The van der Waals surface area contributed by atoms with Gasteiger partial charge in [-0.1, -0.05) is 6.42 Å². The van der Waals surface area contributed by atoms with Crippen LogP contribution in [0.25, 0.3) is 0 Å². The van der Waals surface area contributed by atoms with Gasteiger partial charge < -0.3 is 27.8 Å². The summed E-state index contributed by atoms with van der Waals surface area (Å²) in [6.45, 7) is 0.288. The molecule has 20 heavy (non-hydrogen) atoms. The van der Waals surface area contributed by atoms with Crippen molar-refractivity contribution in [2.45, 2.75) is 31.3 Å². The molecule has 0 radical (unpaired) electrons. The Morgan fingerprint density at radius 2 is 1.85 bits per heavy atom. The summed E-state index contributed by atoms with van der Waals surface area (Å²) in [5, 5.41) is 4.74. The molecule has 0 bridgehead atoms. The Kier molecular flexibility index (Phi) is 9.77. The van der Waals surface area contributed by atoms with Gasteiger partial charge in [-0.2, -0.15) is 12.6 Å². The lowest BCUT2D eigenvalue weighted by atomic mass is 10.1. The Balaban J connectivity index is 3.98. The van der Waals surface area contributed by atoms with E-state index in [1.54, 1.807) is 0 Å². The van der Waals surface area contributed by atoms with Crippen LogP contribution < -0.4 is 27.8 Å². The highest BCUT2D eigenvalue weighted by molar-refractivity contribution is 7.80. The van der Waals surface area contributed by atoms with Crippen LogP contribution in [0.5, 0.6) is 0 Å². The lowest BCUT2D eigenvalue weighted by Gasteiger charge is -2.14. The zero-order valence-electron chi connectivity index (χ0n) is 11.3. The summed E-state index contributed by atoms with van der Waals surface area (Å²) >= 11 is 3.89. The third kappa shape index (κ3) is 7.97. The van der Waals surface area contributed by atoms with Gasteiger partial charge in [-0.25, -0.2) is 0 Å². The fourth-order valence-electron chi connectivity index (χ4n) is 1.39. The molecule has 0 aromatic carbocycles. The summed E-state index contributed by atoms with van der Waals surface area (Å²) in [5.41, 5.74) is 16.0. The van der Waals surface area contributed by atoms with E-state index in [4.69, 9.17) is 17.2 Å². The number of primary amides is 1. The van der Waals surface area contributed by atoms with Gasteiger partial charge in [-0.3, -0.25) is 14.4 Å². The molecule has 0 aromatic rings. The quantitative estimate of drug-likeness (QED) is 0.194. The summed E-state index contributed by atoms with van der Waals surface area (Å²) in [4.78, 5) is 34.0. The van der Waals surface area contributed by atoms with E-state index in [9.17, 15) is 14.4 Å². The maximum absolute atomic E-state index is 11.6. The van der Waals surface area contributed by atoms with E-state index in [-0.39, 0.29) is 12.3 Å². The molecule has 0 heterocycles. The summed E-state index contributed by atoms with van der Waals surface area (Å²) in [6.07, 6.45) is 2.05. The Hall–Kier alpha value is -1.32. The Bertz CT molecular complexity index is 340. The predicted molar refractivity (Wildman–Crippen MR) is 78.9 cm³/mol. The minimum absolute atomic E-state index is 0.0909. The number of thiol groups is 1. The van der Waals surface area contributed by atoms with Crippen molar-refractivity contribution in [2.75, 3.05) is 18.8 Å². The number of unbranched alkanes of at least 4 members (excludes halogenated alkanes) is 1. The van der Waals surface area contributed by atoms with Gasteiger partial charge in [0.2, 0.25) is 17.7 Å². The van der Waals surface area contributed by atoms with Crippen LogP contribution in [0.3, 0.4) is 0 Å². The smallest absolute Gasteiger partial charge is 0.240 e. The molecule has 8 nitrogen and oxygen atoms in total. The van der Waals surface area contributed by atoms with Crippen molar-refractivity contribution in [3.8, 4) is 0 Å². The summed E-state index contributed by atoms with van der Waals surface area (Å²) in [5.74, 6) is -1.53. The van der Waals surface area contributed by atoms with Gasteiger partial charge in [0, 0.05) is 5.75 Å². The van der Waals surface area contributed by atoms with Gasteiger partial charge in [0.25, 0.3) is 0 Å². The molecule has 116 valence electrons. The zero-order chi connectivity index (χ0) is 15.5. The van der Waals surface area contributed by atoms with E-state index in [1.807, 2.05) is 0 Å². The molecule has 8 N–H and O–H groups in total. The zero-order valence-corrected chi connectivity index (χ0v) is 12.2. The van der Waals surface area contributed by atoms with Crippen LogP contribution >= 0.6 is 12.6 Å². The monoisotopic (exact) mass is 305 g/mol. The highest BCUT2D eigenvalue weighted by Gasteiger charge is 2.18. The van der Waals surface area contributed by atoms with E-state index in [2.05, 4.69) is 23.3 Å². The number of carbonyl (C=O) groups excluding carboxylic acids is 3. The standard InChI is InChI=1S/C11H23N5O3S/c12-4-2-1-3-7(13)11(19)15-5-9(17)16-8(6-20)10(14)18/h7-8,20H,1-6,12-13H2,(H2,14,18)(H,15,19)(H,16,17)/t7-,8-/m0/s1. The average molecular weight is 305 g/mol. The topological polar surface area (TPSA) is 153 Å². The molecular weight excluding hydrogens is 282 g/mol. The highest BCUT2D eigenvalue weighted by Crippen LogP contribution is 1.97. The van der Waals surface area contributed by atoms with Crippen molar-refractivity contribution in [3.63, 3.8) is 0 Å².